The van der Waals surface area contributed by atoms with Crippen molar-refractivity contribution < 1.29 is 4.79 Å². The van der Waals surface area contributed by atoms with Gasteiger partial charge in [0.05, 0.1) is 0 Å². The quantitative estimate of drug-likeness (QED) is 0.314. The van der Waals surface area contributed by atoms with Crippen LogP contribution in [0.1, 0.15) is 37.3 Å². The lowest BCUT2D eigenvalue weighted by atomic mass is 9.95. The normalized spacial score (nSPS) is 20.9. The average molecular weight is 543 g/mol. The summed E-state index contributed by atoms with van der Waals surface area (Å²) in [6.07, 6.45) is 2.59. The fourth-order valence-corrected chi connectivity index (χ4v) is 4.60. The Bertz CT molecular complexity index is 720. The Balaban J connectivity index is 0.00000341. The summed E-state index contributed by atoms with van der Waals surface area (Å²) in [5.41, 5.74) is 8.12. The summed E-state index contributed by atoms with van der Waals surface area (Å²) in [6.45, 7) is 11.5. The van der Waals surface area contributed by atoms with Crippen LogP contribution in [0.5, 0.6) is 0 Å². The van der Waals surface area contributed by atoms with Gasteiger partial charge in [0, 0.05) is 65.8 Å². The van der Waals surface area contributed by atoms with E-state index in [1.165, 1.54) is 11.1 Å². The van der Waals surface area contributed by atoms with E-state index in [1.54, 1.807) is 0 Å². The Morgan fingerprint density at radius 3 is 2.45 bits per heavy atom. The molecule has 2 fully saturated rings. The Morgan fingerprint density at radius 2 is 1.81 bits per heavy atom. The van der Waals surface area contributed by atoms with Gasteiger partial charge < -0.3 is 20.9 Å². The molecule has 1 unspecified atom stereocenters. The number of amides is 1. The first-order chi connectivity index (χ1) is 14.6. The van der Waals surface area contributed by atoms with Crippen LogP contribution in [0.3, 0.4) is 0 Å². The van der Waals surface area contributed by atoms with Gasteiger partial charge in [-0.2, -0.15) is 0 Å². The fourth-order valence-electron chi connectivity index (χ4n) is 4.60. The molecule has 8 heteroatoms. The third-order valence-corrected chi connectivity index (χ3v) is 6.38. The van der Waals surface area contributed by atoms with E-state index >= 15 is 0 Å². The van der Waals surface area contributed by atoms with Gasteiger partial charge in [0.25, 0.3) is 0 Å². The molecule has 2 heterocycles. The number of hydrogen-bond acceptors (Lipinski definition) is 4. The standard InChI is InChI=1S/C23H38N6O.HI/c1-3-27-11-13-28(14-12-27)18-21-9-5-4-8-20(21)16-26-23(25-2)29-10-6-7-19(17-29)15-22(24)30;/h4-5,8-9,19H,3,6-7,10-18H2,1-2H3,(H2,24,30)(H,25,26);1H. The Labute approximate surface area is 204 Å². The molecule has 0 saturated carbocycles. The Morgan fingerprint density at radius 1 is 1.13 bits per heavy atom. The van der Waals surface area contributed by atoms with Crippen molar-refractivity contribution in [1.82, 2.24) is 20.0 Å². The molecule has 0 spiro atoms. The molecule has 1 atom stereocenters. The SMILES string of the molecule is CCN1CCN(Cc2ccccc2CNC(=NC)N2CCCC(CC(N)=O)C2)CC1.I. The van der Waals surface area contributed by atoms with Gasteiger partial charge in [0.1, 0.15) is 0 Å². The van der Waals surface area contributed by atoms with Crippen molar-refractivity contribution in [3.05, 3.63) is 35.4 Å². The number of likely N-dealkylation sites (tertiary alicyclic amines) is 1. The van der Waals surface area contributed by atoms with Crippen molar-refractivity contribution in [2.45, 2.75) is 39.3 Å². The van der Waals surface area contributed by atoms with Crippen molar-refractivity contribution in [1.29, 1.82) is 0 Å². The minimum absolute atomic E-state index is 0. The molecule has 0 radical (unpaired) electrons. The first-order valence-corrected chi connectivity index (χ1v) is 11.3. The summed E-state index contributed by atoms with van der Waals surface area (Å²) < 4.78 is 0. The van der Waals surface area contributed by atoms with Gasteiger partial charge in [-0.3, -0.25) is 14.7 Å². The summed E-state index contributed by atoms with van der Waals surface area (Å²) in [6, 6.07) is 8.71. The average Bonchev–Trinajstić information content (AvgIpc) is 2.75. The molecule has 0 aromatic heterocycles. The zero-order valence-corrected chi connectivity index (χ0v) is 21.4. The van der Waals surface area contributed by atoms with Gasteiger partial charge in [-0.15, -0.1) is 24.0 Å². The van der Waals surface area contributed by atoms with Crippen LogP contribution in [0.15, 0.2) is 29.3 Å². The molecule has 3 N–H and O–H groups in total. The number of aliphatic imine (C=N–C) groups is 1. The number of guanidine groups is 1. The minimum Gasteiger partial charge on any atom is -0.370 e. The van der Waals surface area contributed by atoms with Crippen LogP contribution in [-0.2, 0) is 17.9 Å². The number of halogens is 1. The number of benzene rings is 1. The number of nitrogens with zero attached hydrogens (tertiary/aromatic N) is 4. The molecule has 0 bridgehead atoms. The minimum atomic E-state index is -0.210. The molecule has 1 amide bonds. The molecule has 1 aromatic carbocycles. The van der Waals surface area contributed by atoms with Gasteiger partial charge in [-0.1, -0.05) is 31.2 Å². The van der Waals surface area contributed by atoms with Gasteiger partial charge in [-0.05, 0) is 36.4 Å². The maximum Gasteiger partial charge on any atom is 0.217 e. The van der Waals surface area contributed by atoms with Gasteiger partial charge >= 0.3 is 0 Å². The molecular weight excluding hydrogens is 503 g/mol. The van der Waals surface area contributed by atoms with E-state index in [0.29, 0.717) is 12.3 Å². The van der Waals surface area contributed by atoms with E-state index in [2.05, 4.69) is 56.2 Å². The predicted molar refractivity (Wildman–Crippen MR) is 138 cm³/mol. The Kier molecular flexibility index (Phi) is 11.0. The van der Waals surface area contributed by atoms with Crippen LogP contribution in [0.2, 0.25) is 0 Å². The van der Waals surface area contributed by atoms with Crippen molar-refractivity contribution in [2.75, 3.05) is 52.9 Å². The number of piperazine rings is 1. The Hall–Kier alpha value is -1.39. The highest BCUT2D eigenvalue weighted by molar-refractivity contribution is 14.0. The summed E-state index contributed by atoms with van der Waals surface area (Å²) in [7, 11) is 1.83. The molecular formula is C23H39IN6O. The topological polar surface area (TPSA) is 77.2 Å². The smallest absolute Gasteiger partial charge is 0.217 e. The lowest BCUT2D eigenvalue weighted by molar-refractivity contribution is -0.119. The van der Waals surface area contributed by atoms with Crippen molar-refractivity contribution >= 4 is 35.8 Å². The third-order valence-electron chi connectivity index (χ3n) is 6.38. The van der Waals surface area contributed by atoms with Crippen molar-refractivity contribution in [3.63, 3.8) is 0 Å². The highest BCUT2D eigenvalue weighted by Gasteiger charge is 2.23. The molecule has 31 heavy (non-hydrogen) atoms. The van der Waals surface area contributed by atoms with Crippen LogP contribution in [0.4, 0.5) is 0 Å². The second-order valence-corrected chi connectivity index (χ2v) is 8.50. The van der Waals surface area contributed by atoms with Crippen molar-refractivity contribution in [2.24, 2.45) is 16.6 Å². The number of nitrogens with two attached hydrogens (primary N) is 1. The van der Waals surface area contributed by atoms with Crippen LogP contribution < -0.4 is 11.1 Å². The molecule has 174 valence electrons. The van der Waals surface area contributed by atoms with Crippen LogP contribution in [0, 0.1) is 5.92 Å². The summed E-state index contributed by atoms with van der Waals surface area (Å²) >= 11 is 0. The second kappa shape index (κ2) is 13.2. The zero-order chi connectivity index (χ0) is 21.3. The lowest BCUT2D eigenvalue weighted by Gasteiger charge is -2.35. The number of carbonyl (C=O) groups excluding carboxylic acids is 1. The fraction of sp³-hybridized carbons (Fsp3) is 0.652. The molecule has 7 nitrogen and oxygen atoms in total. The number of primary amides is 1. The second-order valence-electron chi connectivity index (χ2n) is 8.50. The van der Waals surface area contributed by atoms with E-state index < -0.39 is 0 Å². The lowest BCUT2D eigenvalue weighted by Crippen LogP contribution is -2.47. The molecule has 2 aliphatic rings. The van der Waals surface area contributed by atoms with Gasteiger partial charge in [-0.25, -0.2) is 0 Å². The number of piperidine rings is 1. The number of nitrogens with one attached hydrogen (secondary N) is 1. The largest absolute Gasteiger partial charge is 0.370 e. The number of hydrogen-bond donors (Lipinski definition) is 2. The van der Waals surface area contributed by atoms with Gasteiger partial charge in [0.2, 0.25) is 5.91 Å². The predicted octanol–water partition coefficient (Wildman–Crippen LogP) is 2.10. The first kappa shape index (κ1) is 25.9. The highest BCUT2D eigenvalue weighted by Crippen LogP contribution is 2.20. The molecule has 3 rings (SSSR count). The van der Waals surface area contributed by atoms with Crippen LogP contribution >= 0.6 is 24.0 Å². The molecule has 0 aliphatic carbocycles. The van der Waals surface area contributed by atoms with E-state index in [1.807, 2.05) is 7.05 Å². The molecule has 1 aromatic rings. The van der Waals surface area contributed by atoms with E-state index in [0.717, 1.165) is 77.7 Å². The maximum atomic E-state index is 11.3. The summed E-state index contributed by atoms with van der Waals surface area (Å²) in [5.74, 6) is 1.03. The van der Waals surface area contributed by atoms with E-state index in [4.69, 9.17) is 5.73 Å². The summed E-state index contributed by atoms with van der Waals surface area (Å²) in [4.78, 5) is 23.1. The van der Waals surface area contributed by atoms with Gasteiger partial charge in [0.15, 0.2) is 5.96 Å². The molecule has 2 saturated heterocycles. The molecule has 2 aliphatic heterocycles. The van der Waals surface area contributed by atoms with E-state index in [-0.39, 0.29) is 29.9 Å². The van der Waals surface area contributed by atoms with Crippen molar-refractivity contribution in [3.8, 4) is 0 Å². The summed E-state index contributed by atoms with van der Waals surface area (Å²) in [5, 5.41) is 3.56. The van der Waals surface area contributed by atoms with E-state index in [9.17, 15) is 4.79 Å². The maximum absolute atomic E-state index is 11.3. The number of likely N-dealkylation sites (N-methyl/N-ethyl adjacent to an activating group) is 1. The monoisotopic (exact) mass is 542 g/mol. The highest BCUT2D eigenvalue weighted by atomic mass is 127. The first-order valence-electron chi connectivity index (χ1n) is 11.3. The van der Waals surface area contributed by atoms with Crippen LogP contribution in [-0.4, -0.2) is 79.4 Å². The number of carbonyl (C=O) groups is 1. The van der Waals surface area contributed by atoms with Crippen LogP contribution in [0.25, 0.3) is 0 Å². The zero-order valence-electron chi connectivity index (χ0n) is 19.1. The number of rotatable bonds is 7. The third kappa shape index (κ3) is 7.91.